The highest BCUT2D eigenvalue weighted by atomic mass is 28.3. The van der Waals surface area contributed by atoms with E-state index in [2.05, 4.69) is 241 Å². The molecule has 2 aliphatic heterocycles. The van der Waals surface area contributed by atoms with E-state index in [1.165, 1.54) is 87.5 Å². The summed E-state index contributed by atoms with van der Waals surface area (Å²) in [5.41, 5.74) is 13.7. The second-order valence-electron chi connectivity index (χ2n) is 18.5. The van der Waals surface area contributed by atoms with E-state index in [9.17, 15) is 0 Å². The first-order valence-corrected chi connectivity index (χ1v) is 24.4. The minimum absolute atomic E-state index is 0.0320. The Morgan fingerprint density at radius 1 is 0.516 bits per heavy atom. The van der Waals surface area contributed by atoms with Gasteiger partial charge in [0.25, 0.3) is 0 Å². The molecule has 2 aliphatic rings. The predicted octanol–water partition coefficient (Wildman–Crippen LogP) is 11.6. The van der Waals surface area contributed by atoms with Crippen molar-refractivity contribution in [2.75, 3.05) is 16.5 Å². The third-order valence-corrected chi connectivity index (χ3v) is 18.6. The molecule has 10 aromatic rings. The van der Waals surface area contributed by atoms with Gasteiger partial charge in [-0.3, -0.25) is 4.57 Å². The molecule has 64 heavy (non-hydrogen) atoms. The number of anilines is 3. The summed E-state index contributed by atoms with van der Waals surface area (Å²) >= 11 is 0. The van der Waals surface area contributed by atoms with E-state index in [1.54, 1.807) is 0 Å². The molecule has 308 valence electrons. The smallest absolute Gasteiger partial charge is 0.181 e. The SMILES string of the molecule is CC(C)(C)c1ccnc(-n2c3ccc(-c4ccccc4)cc3c3ccc([Si]4(c5cccc(N6CN(Cc7ccccc7)c7ccccc76)c5)c5ccccc5-c5ccccc54)cc32)c1. The number of benzene rings is 8. The van der Waals surface area contributed by atoms with Crippen LogP contribution in [0.1, 0.15) is 31.9 Å². The fraction of sp³-hybridized carbons (Fsp3) is 0.102. The Balaban J connectivity index is 1.10. The number of pyridine rings is 1. The largest absolute Gasteiger partial charge is 0.347 e. The molecule has 0 unspecified atom stereocenters. The highest BCUT2D eigenvalue weighted by Crippen LogP contribution is 2.42. The van der Waals surface area contributed by atoms with Gasteiger partial charge in [-0.15, -0.1) is 0 Å². The second kappa shape index (κ2) is 14.8. The van der Waals surface area contributed by atoms with E-state index in [-0.39, 0.29) is 5.41 Å². The van der Waals surface area contributed by atoms with Gasteiger partial charge in [-0.25, -0.2) is 4.98 Å². The Labute approximate surface area is 376 Å². The maximum atomic E-state index is 5.12. The molecule has 0 atom stereocenters. The van der Waals surface area contributed by atoms with Crippen LogP contribution in [0, 0.1) is 0 Å². The summed E-state index contributed by atoms with van der Waals surface area (Å²) < 4.78 is 2.42. The third-order valence-electron chi connectivity index (χ3n) is 13.7. The summed E-state index contributed by atoms with van der Waals surface area (Å²) in [7, 11) is -2.95. The molecule has 0 saturated heterocycles. The molecule has 0 aliphatic carbocycles. The van der Waals surface area contributed by atoms with Gasteiger partial charge in [-0.2, -0.15) is 0 Å². The quantitative estimate of drug-likeness (QED) is 0.149. The van der Waals surface area contributed by atoms with Crippen LogP contribution in [0.2, 0.25) is 0 Å². The van der Waals surface area contributed by atoms with Gasteiger partial charge < -0.3 is 9.80 Å². The number of hydrogen-bond donors (Lipinski definition) is 0. The molecule has 0 saturated carbocycles. The molecule has 8 aromatic carbocycles. The molecule has 0 radical (unpaired) electrons. The van der Waals surface area contributed by atoms with Crippen molar-refractivity contribution in [2.45, 2.75) is 32.7 Å². The van der Waals surface area contributed by atoms with E-state index < -0.39 is 8.07 Å². The van der Waals surface area contributed by atoms with Crippen molar-refractivity contribution in [3.05, 3.63) is 224 Å². The van der Waals surface area contributed by atoms with E-state index in [0.717, 1.165) is 24.5 Å². The maximum Gasteiger partial charge on any atom is 0.181 e. The fourth-order valence-corrected chi connectivity index (χ4v) is 15.9. The molecule has 4 nitrogen and oxygen atoms in total. The summed E-state index contributed by atoms with van der Waals surface area (Å²) in [5.74, 6) is 0.940. The molecule has 0 amide bonds. The maximum absolute atomic E-state index is 5.12. The topological polar surface area (TPSA) is 24.3 Å². The first-order chi connectivity index (χ1) is 31.4. The Kier molecular flexibility index (Phi) is 8.85. The molecular formula is C59H48N4Si. The van der Waals surface area contributed by atoms with Crippen molar-refractivity contribution in [1.29, 1.82) is 0 Å². The Bertz CT molecular complexity index is 3360. The Hall–Kier alpha value is -7.47. The Morgan fingerprint density at radius 2 is 1.19 bits per heavy atom. The minimum Gasteiger partial charge on any atom is -0.347 e. The number of rotatable bonds is 7. The molecule has 12 rings (SSSR count). The minimum atomic E-state index is -2.95. The molecule has 0 bridgehead atoms. The van der Waals surface area contributed by atoms with Crippen LogP contribution in [0.5, 0.6) is 0 Å². The van der Waals surface area contributed by atoms with Crippen molar-refractivity contribution in [1.82, 2.24) is 9.55 Å². The van der Waals surface area contributed by atoms with E-state index in [0.29, 0.717) is 0 Å². The lowest BCUT2D eigenvalue weighted by Crippen LogP contribution is -2.72. The Morgan fingerprint density at radius 3 is 1.94 bits per heavy atom. The van der Waals surface area contributed by atoms with Gasteiger partial charge in [-0.05, 0) is 114 Å². The number of fused-ring (bicyclic) bond motifs is 7. The van der Waals surface area contributed by atoms with Crippen LogP contribution in [0.4, 0.5) is 17.1 Å². The lowest BCUT2D eigenvalue weighted by Gasteiger charge is -2.32. The summed E-state index contributed by atoms with van der Waals surface area (Å²) in [6.07, 6.45) is 1.98. The third kappa shape index (κ3) is 5.99. The van der Waals surface area contributed by atoms with Crippen molar-refractivity contribution in [3.63, 3.8) is 0 Å². The van der Waals surface area contributed by atoms with Gasteiger partial charge in [0.15, 0.2) is 8.07 Å². The lowest BCUT2D eigenvalue weighted by atomic mass is 9.88. The number of aromatic nitrogens is 2. The normalized spacial score (nSPS) is 13.9. The zero-order valence-electron chi connectivity index (χ0n) is 36.4. The molecule has 2 aromatic heterocycles. The molecule has 0 spiro atoms. The highest BCUT2D eigenvalue weighted by molar-refractivity contribution is 7.22. The van der Waals surface area contributed by atoms with Crippen LogP contribution < -0.4 is 30.5 Å². The van der Waals surface area contributed by atoms with Crippen LogP contribution in [-0.4, -0.2) is 24.3 Å². The molecule has 0 N–H and O–H groups in total. The molecule has 4 heterocycles. The zero-order chi connectivity index (χ0) is 43.0. The monoisotopic (exact) mass is 840 g/mol. The number of hydrogen-bond acceptors (Lipinski definition) is 3. The second-order valence-corrected chi connectivity index (χ2v) is 22.2. The van der Waals surface area contributed by atoms with Crippen molar-refractivity contribution in [3.8, 4) is 28.1 Å². The molecule has 5 heteroatoms. The van der Waals surface area contributed by atoms with Gasteiger partial charge in [-0.1, -0.05) is 172 Å². The van der Waals surface area contributed by atoms with Gasteiger partial charge in [0.1, 0.15) is 5.82 Å². The van der Waals surface area contributed by atoms with Crippen LogP contribution >= 0.6 is 0 Å². The summed E-state index contributed by atoms with van der Waals surface area (Å²) in [6.45, 7) is 8.46. The van der Waals surface area contributed by atoms with Crippen LogP contribution in [0.15, 0.2) is 212 Å². The van der Waals surface area contributed by atoms with Crippen LogP contribution in [-0.2, 0) is 12.0 Å². The first-order valence-electron chi connectivity index (χ1n) is 22.4. The van der Waals surface area contributed by atoms with Crippen molar-refractivity contribution < 1.29 is 0 Å². The highest BCUT2D eigenvalue weighted by Gasteiger charge is 2.49. The standard InChI is InChI=1S/C59H48N4Si/c1-59(2,3)44-33-34-60-58(36-44)63-52-32-29-43(42-19-8-5-9-20-42)35-51(52)48-31-30-47(38-55(48)63)64(56-27-14-10-23-49(56)50-24-11-15-28-57(50)64)46-22-16-21-45(37-46)62-40-61(39-41-17-6-4-7-18-41)53-25-12-13-26-54(53)62/h4-38H,39-40H2,1-3H3. The first kappa shape index (κ1) is 38.2. The van der Waals surface area contributed by atoms with Gasteiger partial charge in [0.05, 0.1) is 29.1 Å². The van der Waals surface area contributed by atoms with Gasteiger partial charge >= 0.3 is 0 Å². The molecular weight excluding hydrogens is 793 g/mol. The average Bonchev–Trinajstić information content (AvgIpc) is 3.98. The number of nitrogens with zero attached hydrogens (tertiary/aromatic N) is 4. The average molecular weight is 841 g/mol. The summed E-state index contributed by atoms with van der Waals surface area (Å²) in [6, 6.07) is 77.2. The fourth-order valence-electron chi connectivity index (χ4n) is 10.7. The summed E-state index contributed by atoms with van der Waals surface area (Å²) in [5, 5.41) is 8.06. The van der Waals surface area contributed by atoms with Gasteiger partial charge in [0, 0.05) is 29.2 Å². The van der Waals surface area contributed by atoms with Crippen molar-refractivity contribution in [2.24, 2.45) is 0 Å². The zero-order valence-corrected chi connectivity index (χ0v) is 37.4. The molecule has 0 fully saturated rings. The lowest BCUT2D eigenvalue weighted by molar-refractivity contribution is 0.588. The van der Waals surface area contributed by atoms with E-state index in [1.807, 2.05) is 6.20 Å². The van der Waals surface area contributed by atoms with Crippen molar-refractivity contribution >= 4 is 67.7 Å². The van der Waals surface area contributed by atoms with Gasteiger partial charge in [0.2, 0.25) is 0 Å². The van der Waals surface area contributed by atoms with E-state index >= 15 is 0 Å². The number of para-hydroxylation sites is 2. The van der Waals surface area contributed by atoms with Crippen LogP contribution in [0.3, 0.4) is 0 Å². The van der Waals surface area contributed by atoms with Crippen LogP contribution in [0.25, 0.3) is 49.9 Å². The summed E-state index contributed by atoms with van der Waals surface area (Å²) in [4.78, 5) is 10.1. The van der Waals surface area contributed by atoms with E-state index in [4.69, 9.17) is 4.98 Å². The predicted molar refractivity (Wildman–Crippen MR) is 271 cm³/mol.